The van der Waals surface area contributed by atoms with Crippen LogP contribution in [-0.4, -0.2) is 9.97 Å². The highest BCUT2D eigenvalue weighted by Crippen LogP contribution is 2.32. The van der Waals surface area contributed by atoms with Crippen molar-refractivity contribution in [1.29, 1.82) is 0 Å². The van der Waals surface area contributed by atoms with Gasteiger partial charge in [-0.05, 0) is 18.9 Å². The quantitative estimate of drug-likeness (QED) is 0.624. The lowest BCUT2D eigenvalue weighted by Gasteiger charge is -2.11. The summed E-state index contributed by atoms with van der Waals surface area (Å²) in [5.41, 5.74) is 3.62. The minimum absolute atomic E-state index is 0.303. The third kappa shape index (κ3) is 2.08. The van der Waals surface area contributed by atoms with Gasteiger partial charge in [0.05, 0.1) is 5.56 Å². The Bertz CT molecular complexity index is 754. The molecule has 20 heavy (non-hydrogen) atoms. The first-order valence-electron chi connectivity index (χ1n) is 6.58. The second-order valence-electron chi connectivity index (χ2n) is 5.14. The van der Waals surface area contributed by atoms with Crippen molar-refractivity contribution < 1.29 is 4.42 Å². The third-order valence-electron chi connectivity index (χ3n) is 3.39. The Balaban J connectivity index is 2.20. The normalized spacial score (nSPS) is 11.4. The monoisotopic (exact) mass is 286 g/mol. The van der Waals surface area contributed by atoms with Crippen molar-refractivity contribution in [1.82, 2.24) is 9.97 Å². The Morgan fingerprint density at radius 1 is 1.15 bits per heavy atom. The maximum Gasteiger partial charge on any atom is 0.164 e. The van der Waals surface area contributed by atoms with Gasteiger partial charge in [-0.3, -0.25) is 0 Å². The molecule has 0 aliphatic rings. The summed E-state index contributed by atoms with van der Waals surface area (Å²) in [4.78, 5) is 9.03. The molecule has 0 fully saturated rings. The maximum absolute atomic E-state index is 6.32. The lowest BCUT2D eigenvalue weighted by Crippen LogP contribution is -2.01. The van der Waals surface area contributed by atoms with Gasteiger partial charge in [0.15, 0.2) is 5.82 Å². The van der Waals surface area contributed by atoms with Gasteiger partial charge >= 0.3 is 0 Å². The van der Waals surface area contributed by atoms with Gasteiger partial charge in [0.1, 0.15) is 17.0 Å². The van der Waals surface area contributed by atoms with Crippen LogP contribution < -0.4 is 0 Å². The predicted molar refractivity (Wildman–Crippen MR) is 81.1 cm³/mol. The van der Waals surface area contributed by atoms with Crippen LogP contribution in [0.25, 0.3) is 22.4 Å². The van der Waals surface area contributed by atoms with Crippen LogP contribution in [0.15, 0.2) is 34.9 Å². The Hall–Kier alpha value is -1.87. The molecule has 3 rings (SSSR count). The number of aryl methyl sites for hydroxylation is 1. The van der Waals surface area contributed by atoms with E-state index in [9.17, 15) is 0 Å². The summed E-state index contributed by atoms with van der Waals surface area (Å²) in [6.45, 7) is 6.14. The molecule has 0 atom stereocenters. The van der Waals surface area contributed by atoms with E-state index in [4.69, 9.17) is 16.0 Å². The molecule has 0 saturated heterocycles. The molecular formula is C16H15ClN2O. The van der Waals surface area contributed by atoms with E-state index < -0.39 is 0 Å². The summed E-state index contributed by atoms with van der Waals surface area (Å²) in [5.74, 6) is 0.916. The second kappa shape index (κ2) is 4.91. The first-order chi connectivity index (χ1) is 9.58. The molecule has 0 N–H and O–H groups in total. The van der Waals surface area contributed by atoms with Crippen LogP contribution in [0, 0.1) is 6.92 Å². The number of furan rings is 1. The van der Waals surface area contributed by atoms with Gasteiger partial charge < -0.3 is 4.42 Å². The van der Waals surface area contributed by atoms with Crippen molar-refractivity contribution in [2.45, 2.75) is 26.7 Å². The number of benzene rings is 1. The van der Waals surface area contributed by atoms with Gasteiger partial charge in [-0.25, -0.2) is 9.97 Å². The minimum atomic E-state index is 0.303. The molecule has 3 nitrogen and oxygen atoms in total. The zero-order chi connectivity index (χ0) is 14.3. The van der Waals surface area contributed by atoms with E-state index in [0.29, 0.717) is 16.9 Å². The summed E-state index contributed by atoms with van der Waals surface area (Å²) < 4.78 is 5.54. The summed E-state index contributed by atoms with van der Waals surface area (Å²) in [5, 5.41) is 1.52. The highest BCUT2D eigenvalue weighted by molar-refractivity contribution is 6.30. The third-order valence-corrected chi connectivity index (χ3v) is 3.68. The summed E-state index contributed by atoms with van der Waals surface area (Å²) in [6, 6.07) is 7.84. The molecule has 4 heteroatoms. The number of fused-ring (bicyclic) bond motifs is 1. The van der Waals surface area contributed by atoms with Crippen LogP contribution >= 0.6 is 11.6 Å². The lowest BCUT2D eigenvalue weighted by atomic mass is 10.0. The zero-order valence-electron chi connectivity index (χ0n) is 11.6. The minimum Gasteiger partial charge on any atom is -0.464 e. The highest BCUT2D eigenvalue weighted by atomic mass is 35.5. The van der Waals surface area contributed by atoms with Gasteiger partial charge in [0, 0.05) is 16.6 Å². The van der Waals surface area contributed by atoms with Crippen molar-refractivity contribution in [3.63, 3.8) is 0 Å². The first kappa shape index (κ1) is 13.1. The number of nitrogens with zero attached hydrogens (tertiary/aromatic N) is 2. The van der Waals surface area contributed by atoms with Gasteiger partial charge in [0.2, 0.25) is 0 Å². The standard InChI is InChI=1S/C16H15ClN2O/c1-9(2)14-10(3)18-16(19-15(14)17)12-8-20-13-7-5-4-6-11(12)13/h4-9H,1-3H3. The SMILES string of the molecule is Cc1nc(-c2coc3ccccc23)nc(Cl)c1C(C)C. The van der Waals surface area contributed by atoms with Crippen LogP contribution in [-0.2, 0) is 0 Å². The molecule has 0 radical (unpaired) electrons. The molecule has 1 aromatic carbocycles. The van der Waals surface area contributed by atoms with Gasteiger partial charge in [-0.15, -0.1) is 0 Å². The van der Waals surface area contributed by atoms with Crippen LogP contribution in [0.4, 0.5) is 0 Å². The second-order valence-corrected chi connectivity index (χ2v) is 5.50. The van der Waals surface area contributed by atoms with Gasteiger partial charge in [0.25, 0.3) is 0 Å². The largest absolute Gasteiger partial charge is 0.464 e. The predicted octanol–water partition coefficient (Wildman–Crippen LogP) is 4.98. The van der Waals surface area contributed by atoms with E-state index >= 15 is 0 Å². The molecule has 0 amide bonds. The van der Waals surface area contributed by atoms with Gasteiger partial charge in [-0.1, -0.05) is 43.6 Å². The Labute approximate surface area is 122 Å². The molecular weight excluding hydrogens is 272 g/mol. The molecule has 3 aromatic rings. The first-order valence-corrected chi connectivity index (χ1v) is 6.96. The van der Waals surface area contributed by atoms with Crippen molar-refractivity contribution in [2.24, 2.45) is 0 Å². The molecule has 0 bridgehead atoms. The highest BCUT2D eigenvalue weighted by Gasteiger charge is 2.16. The number of halogens is 1. The topological polar surface area (TPSA) is 38.9 Å². The molecule has 2 aromatic heterocycles. The van der Waals surface area contributed by atoms with Crippen LogP contribution in [0.3, 0.4) is 0 Å². The molecule has 0 spiro atoms. The van der Waals surface area contributed by atoms with Crippen molar-refractivity contribution in [2.75, 3.05) is 0 Å². The molecule has 0 unspecified atom stereocenters. The molecule has 2 heterocycles. The van der Waals surface area contributed by atoms with Crippen LogP contribution in [0.1, 0.15) is 31.0 Å². The fourth-order valence-corrected chi connectivity index (χ4v) is 2.91. The average Bonchev–Trinajstić information content (AvgIpc) is 2.81. The summed E-state index contributed by atoms with van der Waals surface area (Å²) >= 11 is 6.32. The van der Waals surface area contributed by atoms with E-state index in [1.807, 2.05) is 31.2 Å². The van der Waals surface area contributed by atoms with E-state index in [1.54, 1.807) is 6.26 Å². The van der Waals surface area contributed by atoms with Crippen molar-refractivity contribution >= 4 is 22.6 Å². The molecule has 0 saturated carbocycles. The van der Waals surface area contributed by atoms with Gasteiger partial charge in [-0.2, -0.15) is 0 Å². The fourth-order valence-electron chi connectivity index (χ4n) is 2.47. The number of hydrogen-bond donors (Lipinski definition) is 0. The average molecular weight is 287 g/mol. The Morgan fingerprint density at radius 2 is 1.90 bits per heavy atom. The van der Waals surface area contributed by atoms with Crippen LogP contribution in [0.5, 0.6) is 0 Å². The van der Waals surface area contributed by atoms with Crippen LogP contribution in [0.2, 0.25) is 5.15 Å². The number of hydrogen-bond acceptors (Lipinski definition) is 3. The molecule has 0 aliphatic heterocycles. The van der Waals surface area contributed by atoms with E-state index in [1.165, 1.54) is 0 Å². The zero-order valence-corrected chi connectivity index (χ0v) is 12.4. The van der Waals surface area contributed by atoms with Crippen molar-refractivity contribution in [3.05, 3.63) is 46.9 Å². The summed E-state index contributed by atoms with van der Waals surface area (Å²) in [6.07, 6.45) is 1.69. The number of rotatable bonds is 2. The lowest BCUT2D eigenvalue weighted by molar-refractivity contribution is 0.616. The number of para-hydroxylation sites is 1. The molecule has 0 aliphatic carbocycles. The van der Waals surface area contributed by atoms with E-state index in [-0.39, 0.29) is 0 Å². The Morgan fingerprint density at radius 3 is 2.60 bits per heavy atom. The summed E-state index contributed by atoms with van der Waals surface area (Å²) in [7, 11) is 0. The maximum atomic E-state index is 6.32. The number of aromatic nitrogens is 2. The van der Waals surface area contributed by atoms with E-state index in [0.717, 1.165) is 27.8 Å². The fraction of sp³-hybridized carbons (Fsp3) is 0.250. The Kier molecular flexibility index (Phi) is 3.22. The smallest absolute Gasteiger partial charge is 0.164 e. The van der Waals surface area contributed by atoms with Crippen molar-refractivity contribution in [3.8, 4) is 11.4 Å². The molecule has 102 valence electrons. The van der Waals surface area contributed by atoms with E-state index in [2.05, 4.69) is 23.8 Å².